The molecule has 0 bridgehead atoms. The number of amides is 1. The highest BCUT2D eigenvalue weighted by Crippen LogP contribution is 1.97. The van der Waals surface area contributed by atoms with Gasteiger partial charge in [-0.25, -0.2) is 4.99 Å². The summed E-state index contributed by atoms with van der Waals surface area (Å²) in [6.07, 6.45) is 2.44. The van der Waals surface area contributed by atoms with Gasteiger partial charge in [-0.15, -0.1) is 0 Å². The quantitative estimate of drug-likeness (QED) is 0.565. The maximum absolute atomic E-state index is 10.1. The molecule has 0 fully saturated rings. The average Bonchev–Trinajstić information content (AvgIpc) is 2.67. The first-order valence-electron chi connectivity index (χ1n) is 4.80. The van der Waals surface area contributed by atoms with Crippen LogP contribution in [0.2, 0.25) is 0 Å². The summed E-state index contributed by atoms with van der Waals surface area (Å²) in [5.74, 6) is -1.12. The first-order chi connectivity index (χ1) is 7.56. The van der Waals surface area contributed by atoms with Gasteiger partial charge in [0.15, 0.2) is 0 Å². The summed E-state index contributed by atoms with van der Waals surface area (Å²) in [6.45, 7) is 0.933. The maximum Gasteiger partial charge on any atom is 0.303 e. The minimum absolute atomic E-state index is 0.155. The monoisotopic (exact) mass is 228 g/mol. The normalized spacial score (nSPS) is 12.7. The van der Waals surface area contributed by atoms with Gasteiger partial charge in [0, 0.05) is 18.7 Å². The first-order valence-corrected chi connectivity index (χ1v) is 4.80. The molecule has 1 amide bonds. The van der Waals surface area contributed by atoms with Crippen molar-refractivity contribution in [2.24, 2.45) is 21.5 Å². The zero-order valence-electron chi connectivity index (χ0n) is 8.93. The molecule has 0 spiro atoms. The number of carbonyl (C=O) groups excluding carboxylic acids is 1. The minimum Gasteiger partial charge on any atom is -0.481 e. The fraction of sp³-hybridized carbons (Fsp3) is 0.556. The summed E-state index contributed by atoms with van der Waals surface area (Å²) < 4.78 is 0. The van der Waals surface area contributed by atoms with Crippen LogP contribution in [-0.2, 0) is 9.59 Å². The van der Waals surface area contributed by atoms with Gasteiger partial charge < -0.3 is 16.6 Å². The summed E-state index contributed by atoms with van der Waals surface area (Å²) >= 11 is 0. The van der Waals surface area contributed by atoms with Crippen molar-refractivity contribution in [3.8, 4) is 0 Å². The number of hydrogen-bond donors (Lipinski definition) is 3. The molecule has 0 saturated carbocycles. The third-order valence-electron chi connectivity index (χ3n) is 1.61. The average molecular weight is 228 g/mol. The number of aliphatic imine (C=N–C) groups is 2. The molecular weight excluding hydrogens is 212 g/mol. The maximum atomic E-state index is 10.1. The van der Waals surface area contributed by atoms with Gasteiger partial charge in [-0.05, 0) is 6.42 Å². The highest BCUT2D eigenvalue weighted by Gasteiger charge is 2.04. The molecule has 0 aromatic heterocycles. The van der Waals surface area contributed by atoms with E-state index in [1.54, 1.807) is 0 Å². The summed E-state index contributed by atoms with van der Waals surface area (Å²) in [5, 5.41) is 8.28. The Morgan fingerprint density at radius 1 is 1.44 bits per heavy atom. The van der Waals surface area contributed by atoms with E-state index in [2.05, 4.69) is 15.7 Å². The van der Waals surface area contributed by atoms with Gasteiger partial charge in [-0.3, -0.25) is 14.6 Å². The molecule has 1 aliphatic rings. The lowest BCUT2D eigenvalue weighted by Crippen LogP contribution is -2.15. The fourth-order valence-corrected chi connectivity index (χ4v) is 0.847. The van der Waals surface area contributed by atoms with E-state index >= 15 is 0 Å². The fourth-order valence-electron chi connectivity index (χ4n) is 0.847. The van der Waals surface area contributed by atoms with E-state index in [4.69, 9.17) is 10.8 Å². The smallest absolute Gasteiger partial charge is 0.303 e. The molecule has 1 heterocycles. The minimum atomic E-state index is -0.783. The van der Waals surface area contributed by atoms with E-state index < -0.39 is 5.97 Å². The topological polar surface area (TPSA) is 131 Å². The predicted octanol–water partition coefficient (Wildman–Crippen LogP) is -0.845. The number of primary amides is 1. The van der Waals surface area contributed by atoms with Gasteiger partial charge in [0.05, 0.1) is 13.0 Å². The predicted molar refractivity (Wildman–Crippen MR) is 60.5 cm³/mol. The molecule has 5 N–H and O–H groups in total. The summed E-state index contributed by atoms with van der Waals surface area (Å²) in [5.41, 5.74) is 10.5. The molecule has 0 aromatic rings. The van der Waals surface area contributed by atoms with Crippen molar-refractivity contribution in [1.29, 1.82) is 0 Å². The largest absolute Gasteiger partial charge is 0.481 e. The molecule has 0 atom stereocenters. The number of aliphatic carboxylic acids is 1. The van der Waals surface area contributed by atoms with Gasteiger partial charge in [0.25, 0.3) is 0 Å². The van der Waals surface area contributed by atoms with E-state index in [0.717, 1.165) is 5.71 Å². The zero-order valence-corrected chi connectivity index (χ0v) is 8.93. The van der Waals surface area contributed by atoms with Gasteiger partial charge in [0.2, 0.25) is 5.91 Å². The summed E-state index contributed by atoms with van der Waals surface area (Å²) in [4.78, 5) is 27.5. The Kier molecular flexibility index (Phi) is 7.60. The van der Waals surface area contributed by atoms with Crippen molar-refractivity contribution >= 4 is 23.9 Å². The molecular formula is C9H16N4O3. The number of carbonyl (C=O) groups is 2. The van der Waals surface area contributed by atoms with Crippen LogP contribution in [0.3, 0.4) is 0 Å². The SMILES string of the molecule is NCCC(N)=O.O=C(O)CCC1=NC=NC1. The Bertz CT molecular complexity index is 299. The molecule has 16 heavy (non-hydrogen) atoms. The van der Waals surface area contributed by atoms with E-state index in [1.807, 2.05) is 0 Å². The van der Waals surface area contributed by atoms with E-state index in [9.17, 15) is 9.59 Å². The van der Waals surface area contributed by atoms with E-state index in [1.165, 1.54) is 6.34 Å². The molecule has 0 aliphatic carbocycles. The van der Waals surface area contributed by atoms with Crippen molar-refractivity contribution in [1.82, 2.24) is 0 Å². The van der Waals surface area contributed by atoms with Crippen molar-refractivity contribution in [2.45, 2.75) is 19.3 Å². The molecule has 1 aliphatic heterocycles. The molecule has 0 aromatic carbocycles. The Labute approximate surface area is 93.2 Å². The summed E-state index contributed by atoms with van der Waals surface area (Å²) in [6, 6.07) is 0. The van der Waals surface area contributed by atoms with Crippen molar-refractivity contribution in [3.05, 3.63) is 0 Å². The molecule has 0 radical (unpaired) electrons. The number of carboxylic acid groups (broad SMARTS) is 1. The second-order valence-corrected chi connectivity index (χ2v) is 3.05. The number of carboxylic acids is 1. The van der Waals surface area contributed by atoms with Crippen LogP contribution in [0, 0.1) is 0 Å². The third kappa shape index (κ3) is 8.82. The zero-order chi connectivity index (χ0) is 12.4. The third-order valence-corrected chi connectivity index (χ3v) is 1.61. The number of nitrogens with zero attached hydrogens (tertiary/aromatic N) is 2. The Hall–Kier alpha value is -1.76. The number of rotatable bonds is 5. The van der Waals surface area contributed by atoms with Gasteiger partial charge in [-0.2, -0.15) is 0 Å². The van der Waals surface area contributed by atoms with Crippen LogP contribution >= 0.6 is 0 Å². The molecule has 1 rings (SSSR count). The van der Waals surface area contributed by atoms with Crippen LogP contribution in [0.15, 0.2) is 9.98 Å². The van der Waals surface area contributed by atoms with Crippen LogP contribution in [0.25, 0.3) is 0 Å². The standard InChI is InChI=1S/C6H8N2O2.C3H8N2O/c9-6(10)2-1-5-3-7-4-8-5;4-2-1-3(5)6/h4H,1-3H2,(H,9,10);1-2,4H2,(H2,5,6). The van der Waals surface area contributed by atoms with Crippen LogP contribution < -0.4 is 11.5 Å². The van der Waals surface area contributed by atoms with E-state index in [-0.39, 0.29) is 12.3 Å². The van der Waals surface area contributed by atoms with Gasteiger partial charge in [-0.1, -0.05) is 0 Å². The van der Waals surface area contributed by atoms with Crippen LogP contribution in [0.5, 0.6) is 0 Å². The van der Waals surface area contributed by atoms with Crippen LogP contribution in [0.4, 0.5) is 0 Å². The lowest BCUT2D eigenvalue weighted by atomic mass is 10.2. The van der Waals surface area contributed by atoms with Gasteiger partial charge >= 0.3 is 5.97 Å². The number of hydrogen-bond acceptors (Lipinski definition) is 5. The second kappa shape index (κ2) is 8.54. The van der Waals surface area contributed by atoms with Crippen molar-refractivity contribution in [3.63, 3.8) is 0 Å². The van der Waals surface area contributed by atoms with Crippen molar-refractivity contribution in [2.75, 3.05) is 13.1 Å². The van der Waals surface area contributed by atoms with Gasteiger partial charge in [0.1, 0.15) is 6.34 Å². The number of nitrogens with two attached hydrogens (primary N) is 2. The Balaban J connectivity index is 0.000000325. The lowest BCUT2D eigenvalue weighted by molar-refractivity contribution is -0.136. The Morgan fingerprint density at radius 2 is 2.12 bits per heavy atom. The molecule has 0 unspecified atom stereocenters. The van der Waals surface area contributed by atoms with Crippen molar-refractivity contribution < 1.29 is 14.7 Å². The Morgan fingerprint density at radius 3 is 2.44 bits per heavy atom. The highest BCUT2D eigenvalue weighted by atomic mass is 16.4. The van der Waals surface area contributed by atoms with Crippen LogP contribution in [0.1, 0.15) is 19.3 Å². The molecule has 7 heteroatoms. The lowest BCUT2D eigenvalue weighted by Gasteiger charge is -1.92. The highest BCUT2D eigenvalue weighted by molar-refractivity contribution is 5.97. The second-order valence-electron chi connectivity index (χ2n) is 3.05. The molecule has 90 valence electrons. The summed E-state index contributed by atoms with van der Waals surface area (Å²) in [7, 11) is 0. The first kappa shape index (κ1) is 14.2. The van der Waals surface area contributed by atoms with Crippen LogP contribution in [-0.4, -0.2) is 42.1 Å². The molecule has 7 nitrogen and oxygen atoms in total. The molecule has 0 saturated heterocycles. The van der Waals surface area contributed by atoms with E-state index in [0.29, 0.717) is 25.9 Å².